The van der Waals surface area contributed by atoms with Gasteiger partial charge in [0.1, 0.15) is 6.61 Å². The minimum atomic E-state index is -0.504. The monoisotopic (exact) mass is 377 g/mol. The van der Waals surface area contributed by atoms with Crippen LogP contribution in [0.5, 0.6) is 0 Å². The van der Waals surface area contributed by atoms with Gasteiger partial charge >= 0.3 is 5.97 Å². The zero-order valence-corrected chi connectivity index (χ0v) is 16.2. The number of rotatable bonds is 5. The van der Waals surface area contributed by atoms with E-state index in [1.165, 1.54) is 11.8 Å². The first-order valence-electron chi connectivity index (χ1n) is 9.05. The summed E-state index contributed by atoms with van der Waals surface area (Å²) in [4.78, 5) is 24.7. The molecule has 0 radical (unpaired) electrons. The Bertz CT molecular complexity index is 951. The van der Waals surface area contributed by atoms with E-state index in [0.717, 1.165) is 5.56 Å². The summed E-state index contributed by atoms with van der Waals surface area (Å²) in [5.74, 6) is -0.764. The molecule has 0 fully saturated rings. The molecule has 0 aliphatic rings. The molecule has 28 heavy (non-hydrogen) atoms. The number of benzene rings is 2. The standard InChI is InChI=1S/C23H23NO4/c1-23(2,3)17-12-10-16(11-13-17)15-28-22(26)18-7-4-5-8-19(18)24-21(25)20-9-6-14-27-20/h4-14H,15H2,1-3H3,(H,24,25). The number of hydrogen-bond acceptors (Lipinski definition) is 4. The normalized spacial score (nSPS) is 11.1. The van der Waals surface area contributed by atoms with E-state index in [4.69, 9.17) is 9.15 Å². The summed E-state index contributed by atoms with van der Waals surface area (Å²) in [5.41, 5.74) is 2.85. The van der Waals surface area contributed by atoms with Crippen LogP contribution in [-0.2, 0) is 16.8 Å². The van der Waals surface area contributed by atoms with Crippen molar-refractivity contribution in [2.45, 2.75) is 32.8 Å². The van der Waals surface area contributed by atoms with Gasteiger partial charge in [0.15, 0.2) is 5.76 Å². The van der Waals surface area contributed by atoms with E-state index in [9.17, 15) is 9.59 Å². The predicted octanol–water partition coefficient (Wildman–Crippen LogP) is 5.19. The molecule has 2 aromatic carbocycles. The van der Waals surface area contributed by atoms with Crippen molar-refractivity contribution in [3.63, 3.8) is 0 Å². The summed E-state index contributed by atoms with van der Waals surface area (Å²) >= 11 is 0. The lowest BCUT2D eigenvalue weighted by Gasteiger charge is -2.19. The van der Waals surface area contributed by atoms with Crippen LogP contribution in [0, 0.1) is 0 Å². The highest BCUT2D eigenvalue weighted by molar-refractivity contribution is 6.06. The Morgan fingerprint density at radius 3 is 2.32 bits per heavy atom. The Labute approximate surface area is 164 Å². The summed E-state index contributed by atoms with van der Waals surface area (Å²) < 4.78 is 10.5. The minimum absolute atomic E-state index is 0.0698. The molecule has 5 nitrogen and oxygen atoms in total. The maximum atomic E-state index is 12.5. The fraction of sp³-hybridized carbons (Fsp3) is 0.217. The van der Waals surface area contributed by atoms with Crippen molar-refractivity contribution < 1.29 is 18.7 Å². The highest BCUT2D eigenvalue weighted by Crippen LogP contribution is 2.23. The van der Waals surface area contributed by atoms with Crippen LogP contribution in [0.1, 0.15) is 52.8 Å². The van der Waals surface area contributed by atoms with Crippen molar-refractivity contribution in [2.75, 3.05) is 5.32 Å². The molecule has 0 aliphatic carbocycles. The number of amides is 1. The molecule has 1 amide bonds. The Balaban J connectivity index is 1.67. The van der Waals surface area contributed by atoms with Gasteiger partial charge in [0.05, 0.1) is 17.5 Å². The summed E-state index contributed by atoms with van der Waals surface area (Å²) in [7, 11) is 0. The summed E-state index contributed by atoms with van der Waals surface area (Å²) in [6.45, 7) is 6.60. The Morgan fingerprint density at radius 2 is 1.68 bits per heavy atom. The molecule has 0 spiro atoms. The lowest BCUT2D eigenvalue weighted by atomic mass is 9.87. The van der Waals surface area contributed by atoms with Gasteiger partial charge in [-0.2, -0.15) is 0 Å². The average molecular weight is 377 g/mol. The van der Waals surface area contributed by atoms with Crippen molar-refractivity contribution in [1.29, 1.82) is 0 Å². The predicted molar refractivity (Wildman–Crippen MR) is 107 cm³/mol. The third-order valence-electron chi connectivity index (χ3n) is 4.33. The first-order chi connectivity index (χ1) is 13.3. The average Bonchev–Trinajstić information content (AvgIpc) is 3.21. The fourth-order valence-corrected chi connectivity index (χ4v) is 2.69. The van der Waals surface area contributed by atoms with Gasteiger partial charge in [-0.3, -0.25) is 4.79 Å². The molecule has 144 valence electrons. The molecular weight excluding hydrogens is 354 g/mol. The van der Waals surface area contributed by atoms with E-state index in [2.05, 4.69) is 26.1 Å². The van der Waals surface area contributed by atoms with E-state index in [1.54, 1.807) is 36.4 Å². The number of carbonyl (C=O) groups is 2. The molecular formula is C23H23NO4. The van der Waals surface area contributed by atoms with Crippen LogP contribution in [0.15, 0.2) is 71.3 Å². The molecule has 0 saturated carbocycles. The Morgan fingerprint density at radius 1 is 0.964 bits per heavy atom. The van der Waals surface area contributed by atoms with Crippen LogP contribution in [0.2, 0.25) is 0 Å². The zero-order valence-electron chi connectivity index (χ0n) is 16.2. The quantitative estimate of drug-likeness (QED) is 0.622. The number of hydrogen-bond donors (Lipinski definition) is 1. The number of furan rings is 1. The highest BCUT2D eigenvalue weighted by Gasteiger charge is 2.17. The van der Waals surface area contributed by atoms with Gasteiger partial charge < -0.3 is 14.5 Å². The number of nitrogens with one attached hydrogen (secondary N) is 1. The highest BCUT2D eigenvalue weighted by atomic mass is 16.5. The van der Waals surface area contributed by atoms with Crippen molar-refractivity contribution in [2.24, 2.45) is 0 Å². The second-order valence-corrected chi connectivity index (χ2v) is 7.50. The largest absolute Gasteiger partial charge is 0.459 e. The van der Waals surface area contributed by atoms with Crippen molar-refractivity contribution in [3.8, 4) is 0 Å². The molecule has 0 bridgehead atoms. The molecule has 5 heteroatoms. The van der Waals surface area contributed by atoms with Gasteiger partial charge in [0, 0.05) is 0 Å². The second kappa shape index (κ2) is 8.13. The first kappa shape index (κ1) is 19.4. The third kappa shape index (κ3) is 4.68. The van der Waals surface area contributed by atoms with Gasteiger partial charge in [-0.05, 0) is 40.8 Å². The summed E-state index contributed by atoms with van der Waals surface area (Å²) in [6.07, 6.45) is 1.42. The van der Waals surface area contributed by atoms with Crippen LogP contribution in [0.4, 0.5) is 5.69 Å². The molecule has 1 N–H and O–H groups in total. The lowest BCUT2D eigenvalue weighted by molar-refractivity contribution is 0.0474. The van der Waals surface area contributed by atoms with E-state index in [0.29, 0.717) is 5.69 Å². The third-order valence-corrected chi connectivity index (χ3v) is 4.33. The van der Waals surface area contributed by atoms with E-state index < -0.39 is 11.9 Å². The zero-order chi connectivity index (χ0) is 20.1. The van der Waals surface area contributed by atoms with Crippen LogP contribution in [0.3, 0.4) is 0 Å². The number of para-hydroxylation sites is 1. The van der Waals surface area contributed by atoms with E-state index in [1.807, 2.05) is 24.3 Å². The molecule has 0 atom stereocenters. The molecule has 1 heterocycles. The first-order valence-corrected chi connectivity index (χ1v) is 9.05. The van der Waals surface area contributed by atoms with Crippen molar-refractivity contribution >= 4 is 17.6 Å². The molecule has 3 rings (SSSR count). The Hall–Kier alpha value is -3.34. The molecule has 3 aromatic rings. The maximum absolute atomic E-state index is 12.5. The number of anilines is 1. The minimum Gasteiger partial charge on any atom is -0.459 e. The van der Waals surface area contributed by atoms with Crippen LogP contribution >= 0.6 is 0 Å². The number of ether oxygens (including phenoxy) is 1. The maximum Gasteiger partial charge on any atom is 0.340 e. The fourth-order valence-electron chi connectivity index (χ4n) is 2.69. The summed E-state index contributed by atoms with van der Waals surface area (Å²) in [6, 6.07) is 17.9. The topological polar surface area (TPSA) is 68.5 Å². The second-order valence-electron chi connectivity index (χ2n) is 7.50. The smallest absolute Gasteiger partial charge is 0.340 e. The van der Waals surface area contributed by atoms with Gasteiger partial charge in [-0.15, -0.1) is 0 Å². The summed E-state index contributed by atoms with van der Waals surface area (Å²) in [5, 5.41) is 2.68. The molecule has 0 aliphatic heterocycles. The van der Waals surface area contributed by atoms with E-state index in [-0.39, 0.29) is 23.3 Å². The van der Waals surface area contributed by atoms with Crippen molar-refractivity contribution in [3.05, 3.63) is 89.4 Å². The van der Waals surface area contributed by atoms with Crippen molar-refractivity contribution in [1.82, 2.24) is 0 Å². The van der Waals surface area contributed by atoms with Gasteiger partial charge in [0.25, 0.3) is 5.91 Å². The molecule has 0 saturated heterocycles. The number of esters is 1. The number of carbonyl (C=O) groups excluding carboxylic acids is 2. The van der Waals surface area contributed by atoms with Gasteiger partial charge in [-0.1, -0.05) is 57.2 Å². The SMILES string of the molecule is CC(C)(C)c1ccc(COC(=O)c2ccccc2NC(=O)c2ccco2)cc1. The van der Waals surface area contributed by atoms with E-state index >= 15 is 0 Å². The van der Waals surface area contributed by atoms with Gasteiger partial charge in [0.2, 0.25) is 0 Å². The van der Waals surface area contributed by atoms with Crippen LogP contribution in [-0.4, -0.2) is 11.9 Å². The Kier molecular flexibility index (Phi) is 5.64. The molecule has 1 aromatic heterocycles. The van der Waals surface area contributed by atoms with Crippen LogP contribution in [0.25, 0.3) is 0 Å². The van der Waals surface area contributed by atoms with Gasteiger partial charge in [-0.25, -0.2) is 4.79 Å². The lowest BCUT2D eigenvalue weighted by Crippen LogP contribution is -2.15. The van der Waals surface area contributed by atoms with Crippen LogP contribution < -0.4 is 5.32 Å². The molecule has 0 unspecified atom stereocenters.